The van der Waals surface area contributed by atoms with E-state index < -0.39 is 0 Å². The lowest BCUT2D eigenvalue weighted by Crippen LogP contribution is -2.26. The highest BCUT2D eigenvalue weighted by molar-refractivity contribution is 8.00. The van der Waals surface area contributed by atoms with E-state index >= 15 is 0 Å². The van der Waals surface area contributed by atoms with Gasteiger partial charge in [-0.3, -0.25) is 4.79 Å². The Balaban J connectivity index is 1.68. The summed E-state index contributed by atoms with van der Waals surface area (Å²) in [7, 11) is 0. The van der Waals surface area contributed by atoms with Gasteiger partial charge in [-0.15, -0.1) is 11.8 Å². The first-order valence-electron chi connectivity index (χ1n) is 10.1. The van der Waals surface area contributed by atoms with Crippen LogP contribution in [0.1, 0.15) is 40.6 Å². The van der Waals surface area contributed by atoms with Gasteiger partial charge in [-0.05, 0) is 83.0 Å². The van der Waals surface area contributed by atoms with Crippen molar-refractivity contribution in [1.29, 1.82) is 0 Å². The highest BCUT2D eigenvalue weighted by Crippen LogP contribution is 2.24. The van der Waals surface area contributed by atoms with E-state index in [9.17, 15) is 4.79 Å². The molecule has 4 nitrogen and oxygen atoms in total. The molecule has 1 atom stereocenters. The molecule has 3 rings (SSSR count). The minimum Gasteiger partial charge on any atom is -0.318 e. The summed E-state index contributed by atoms with van der Waals surface area (Å²) in [5, 5.41) is 3.98. The lowest BCUT2D eigenvalue weighted by Gasteiger charge is -2.11. The topological polar surface area (TPSA) is 46.4 Å². The largest absolute Gasteiger partial charge is 0.318 e. The van der Waals surface area contributed by atoms with Crippen LogP contribution in [0, 0.1) is 34.6 Å². The number of hydrogen-bond acceptors (Lipinski definition) is 3. The lowest BCUT2D eigenvalue weighted by molar-refractivity contribution is -0.120. The van der Waals surface area contributed by atoms with E-state index in [0.29, 0.717) is 0 Å². The predicted molar refractivity (Wildman–Crippen MR) is 127 cm³/mol. The molecule has 0 radical (unpaired) electrons. The Morgan fingerprint density at radius 3 is 2.37 bits per heavy atom. The summed E-state index contributed by atoms with van der Waals surface area (Å²) in [6.07, 6.45) is 1.72. The van der Waals surface area contributed by atoms with Gasteiger partial charge in [0.1, 0.15) is 0 Å². The standard InChI is InChI=1S/C25H29N3OS/c1-16-7-11-24(12-8-16)30-21(6)25(29)27-26-15-22-14-19(4)28(20(22)5)23-10-9-17(2)18(3)13-23/h7-15,21H,1-6H3,(H,27,29)/b26-15-/t21-/m0/s1. The Hall–Kier alpha value is -2.79. The van der Waals surface area contributed by atoms with Gasteiger partial charge in [0.15, 0.2) is 0 Å². The number of hydrogen-bond donors (Lipinski definition) is 1. The van der Waals surface area contributed by atoms with E-state index in [1.165, 1.54) is 28.5 Å². The van der Waals surface area contributed by atoms with Crippen LogP contribution in [0.15, 0.2) is 58.5 Å². The molecule has 3 aromatic rings. The summed E-state index contributed by atoms with van der Waals surface area (Å²) in [4.78, 5) is 13.5. The molecule has 0 aliphatic rings. The number of nitrogens with zero attached hydrogens (tertiary/aromatic N) is 2. The van der Waals surface area contributed by atoms with Crippen molar-refractivity contribution in [2.24, 2.45) is 5.10 Å². The molecule has 1 N–H and O–H groups in total. The first-order chi connectivity index (χ1) is 14.3. The van der Waals surface area contributed by atoms with Crippen LogP contribution in [0.5, 0.6) is 0 Å². The van der Waals surface area contributed by atoms with Crippen molar-refractivity contribution >= 4 is 23.9 Å². The molecular formula is C25H29N3OS. The molecule has 1 amide bonds. The summed E-state index contributed by atoms with van der Waals surface area (Å²) >= 11 is 1.53. The van der Waals surface area contributed by atoms with Crippen molar-refractivity contribution in [1.82, 2.24) is 9.99 Å². The van der Waals surface area contributed by atoms with Gasteiger partial charge in [0.05, 0.1) is 11.5 Å². The van der Waals surface area contributed by atoms with Crippen LogP contribution in [0.2, 0.25) is 0 Å². The molecule has 0 aliphatic heterocycles. The van der Waals surface area contributed by atoms with Crippen molar-refractivity contribution in [2.45, 2.75) is 51.7 Å². The van der Waals surface area contributed by atoms with Crippen LogP contribution in [0.25, 0.3) is 5.69 Å². The molecule has 1 aromatic heterocycles. The van der Waals surface area contributed by atoms with Gasteiger partial charge >= 0.3 is 0 Å². The van der Waals surface area contributed by atoms with Crippen molar-refractivity contribution in [3.05, 3.63) is 82.2 Å². The fourth-order valence-electron chi connectivity index (χ4n) is 3.31. The number of benzene rings is 2. The third-order valence-electron chi connectivity index (χ3n) is 5.30. The number of thioether (sulfide) groups is 1. The molecule has 5 heteroatoms. The first kappa shape index (κ1) is 21.9. The second-order valence-corrected chi connectivity index (χ2v) is 9.15. The number of carbonyl (C=O) groups excluding carboxylic acids is 1. The van der Waals surface area contributed by atoms with Crippen LogP contribution in [-0.2, 0) is 4.79 Å². The maximum Gasteiger partial charge on any atom is 0.253 e. The molecule has 0 saturated heterocycles. The quantitative estimate of drug-likeness (QED) is 0.319. The van der Waals surface area contributed by atoms with Crippen molar-refractivity contribution in [2.75, 3.05) is 0 Å². The van der Waals surface area contributed by atoms with E-state index in [0.717, 1.165) is 27.5 Å². The maximum absolute atomic E-state index is 12.4. The van der Waals surface area contributed by atoms with Crippen LogP contribution >= 0.6 is 11.8 Å². The van der Waals surface area contributed by atoms with E-state index in [1.54, 1.807) is 6.21 Å². The Morgan fingerprint density at radius 1 is 1.00 bits per heavy atom. The highest BCUT2D eigenvalue weighted by Gasteiger charge is 2.14. The first-order valence-corrected chi connectivity index (χ1v) is 11.0. The molecule has 0 aliphatic carbocycles. The molecule has 0 unspecified atom stereocenters. The van der Waals surface area contributed by atoms with E-state index in [1.807, 2.05) is 19.1 Å². The zero-order valence-corrected chi connectivity index (χ0v) is 19.3. The number of hydrazone groups is 1. The van der Waals surface area contributed by atoms with Crippen LogP contribution < -0.4 is 5.43 Å². The van der Waals surface area contributed by atoms with Gasteiger partial charge in [-0.2, -0.15) is 5.10 Å². The van der Waals surface area contributed by atoms with Crippen LogP contribution in [0.4, 0.5) is 0 Å². The van der Waals surface area contributed by atoms with Gasteiger partial charge in [0, 0.05) is 27.5 Å². The van der Waals surface area contributed by atoms with E-state index in [4.69, 9.17) is 0 Å². The highest BCUT2D eigenvalue weighted by atomic mass is 32.2. The summed E-state index contributed by atoms with van der Waals surface area (Å²) in [5.74, 6) is -0.111. The van der Waals surface area contributed by atoms with Crippen molar-refractivity contribution < 1.29 is 4.79 Å². The molecule has 0 fully saturated rings. The number of aromatic nitrogens is 1. The Bertz CT molecular complexity index is 1080. The SMILES string of the molecule is Cc1ccc(S[C@@H](C)C(=O)N/N=C\c2cc(C)n(-c3ccc(C)c(C)c3)c2C)cc1. The van der Waals surface area contributed by atoms with E-state index in [2.05, 4.69) is 86.1 Å². The lowest BCUT2D eigenvalue weighted by atomic mass is 10.1. The number of rotatable bonds is 6. The predicted octanol–water partition coefficient (Wildman–Crippen LogP) is 5.65. The fraction of sp³-hybridized carbons (Fsp3) is 0.280. The van der Waals surface area contributed by atoms with E-state index in [-0.39, 0.29) is 11.2 Å². The molecule has 0 spiro atoms. The zero-order valence-electron chi connectivity index (χ0n) is 18.5. The Kier molecular flexibility index (Phi) is 6.83. The molecule has 1 heterocycles. The average Bonchev–Trinajstić information content (AvgIpc) is 2.99. The van der Waals surface area contributed by atoms with Crippen LogP contribution in [0.3, 0.4) is 0 Å². The number of amides is 1. The second kappa shape index (κ2) is 9.35. The second-order valence-electron chi connectivity index (χ2n) is 7.74. The fourth-order valence-corrected chi connectivity index (χ4v) is 4.17. The van der Waals surface area contributed by atoms with Gasteiger partial charge in [0.2, 0.25) is 0 Å². The van der Waals surface area contributed by atoms with Crippen LogP contribution in [-0.4, -0.2) is 21.9 Å². The zero-order chi connectivity index (χ0) is 21.8. The molecule has 0 saturated carbocycles. The summed E-state index contributed by atoms with van der Waals surface area (Å²) in [5.41, 5.74) is 10.8. The smallest absolute Gasteiger partial charge is 0.253 e. The van der Waals surface area contributed by atoms with Crippen molar-refractivity contribution in [3.63, 3.8) is 0 Å². The summed E-state index contributed by atoms with van der Waals surface area (Å²) in [6.45, 7) is 12.3. The van der Waals surface area contributed by atoms with Gasteiger partial charge in [-0.25, -0.2) is 5.43 Å². The minimum atomic E-state index is -0.229. The summed E-state index contributed by atoms with van der Waals surface area (Å²) in [6, 6.07) is 16.7. The number of nitrogens with one attached hydrogen (secondary N) is 1. The third-order valence-corrected chi connectivity index (χ3v) is 6.41. The normalized spacial score (nSPS) is 12.3. The monoisotopic (exact) mass is 419 g/mol. The number of aryl methyl sites for hydroxylation is 4. The maximum atomic E-state index is 12.4. The Labute approximate surface area is 183 Å². The molecule has 2 aromatic carbocycles. The van der Waals surface area contributed by atoms with Gasteiger partial charge in [0.25, 0.3) is 5.91 Å². The molecule has 30 heavy (non-hydrogen) atoms. The molecule has 0 bridgehead atoms. The Morgan fingerprint density at radius 2 is 1.70 bits per heavy atom. The molecular weight excluding hydrogens is 390 g/mol. The van der Waals surface area contributed by atoms with Gasteiger partial charge < -0.3 is 4.57 Å². The minimum absolute atomic E-state index is 0.111. The van der Waals surface area contributed by atoms with Crippen molar-refractivity contribution in [3.8, 4) is 5.69 Å². The summed E-state index contributed by atoms with van der Waals surface area (Å²) < 4.78 is 2.21. The molecule has 156 valence electrons. The average molecular weight is 420 g/mol. The third kappa shape index (κ3) is 5.03. The number of carbonyl (C=O) groups is 1. The van der Waals surface area contributed by atoms with Gasteiger partial charge in [-0.1, -0.05) is 23.8 Å².